The van der Waals surface area contributed by atoms with Crippen LogP contribution in [0.3, 0.4) is 0 Å². The first kappa shape index (κ1) is 18.6. The van der Waals surface area contributed by atoms with Crippen molar-refractivity contribution in [3.8, 4) is 0 Å². The number of carbonyl (C=O) groups is 3. The van der Waals surface area contributed by atoms with Crippen LogP contribution in [-0.4, -0.2) is 42.4 Å². The Kier molecular flexibility index (Phi) is 7.69. The van der Waals surface area contributed by atoms with Gasteiger partial charge in [-0.1, -0.05) is 19.1 Å². The Hall–Kier alpha value is -2.48. The SMILES string of the molecule is CCN(CCC(=O)NC(N)=O)CC(=O)NCc1ccc(F)cc1. The summed E-state index contributed by atoms with van der Waals surface area (Å²) in [5.74, 6) is -1.01. The van der Waals surface area contributed by atoms with Crippen molar-refractivity contribution in [2.75, 3.05) is 19.6 Å². The monoisotopic (exact) mass is 324 g/mol. The van der Waals surface area contributed by atoms with Crippen LogP contribution < -0.4 is 16.4 Å². The van der Waals surface area contributed by atoms with Crippen molar-refractivity contribution in [1.82, 2.24) is 15.5 Å². The first-order valence-corrected chi connectivity index (χ1v) is 7.23. The van der Waals surface area contributed by atoms with Gasteiger partial charge in [-0.05, 0) is 24.2 Å². The molecule has 0 aliphatic heterocycles. The Balaban J connectivity index is 2.33. The summed E-state index contributed by atoms with van der Waals surface area (Å²) in [6.45, 7) is 3.20. The summed E-state index contributed by atoms with van der Waals surface area (Å²) in [7, 11) is 0. The third-order valence-corrected chi connectivity index (χ3v) is 3.14. The summed E-state index contributed by atoms with van der Waals surface area (Å²) in [4.78, 5) is 35.5. The number of likely N-dealkylation sites (N-methyl/N-ethyl adjacent to an activating group) is 1. The lowest BCUT2D eigenvalue weighted by Gasteiger charge is -2.19. The maximum atomic E-state index is 12.8. The van der Waals surface area contributed by atoms with E-state index in [2.05, 4.69) is 5.32 Å². The van der Waals surface area contributed by atoms with Crippen LogP contribution >= 0.6 is 0 Å². The third kappa shape index (κ3) is 7.91. The Morgan fingerprint density at radius 2 is 1.83 bits per heavy atom. The molecule has 0 bridgehead atoms. The van der Waals surface area contributed by atoms with Gasteiger partial charge in [0.25, 0.3) is 0 Å². The van der Waals surface area contributed by atoms with Crippen molar-refractivity contribution in [1.29, 1.82) is 0 Å². The Labute approximate surface area is 134 Å². The number of nitrogens with two attached hydrogens (primary N) is 1. The van der Waals surface area contributed by atoms with E-state index in [1.807, 2.05) is 12.2 Å². The summed E-state index contributed by atoms with van der Waals surface area (Å²) < 4.78 is 12.8. The zero-order valence-electron chi connectivity index (χ0n) is 13.0. The highest BCUT2D eigenvalue weighted by Crippen LogP contribution is 2.02. The van der Waals surface area contributed by atoms with Crippen molar-refractivity contribution in [2.45, 2.75) is 19.9 Å². The van der Waals surface area contributed by atoms with E-state index in [1.54, 1.807) is 17.0 Å². The lowest BCUT2D eigenvalue weighted by molar-refractivity contribution is -0.124. The predicted molar refractivity (Wildman–Crippen MR) is 82.7 cm³/mol. The summed E-state index contributed by atoms with van der Waals surface area (Å²) >= 11 is 0. The number of rotatable bonds is 8. The van der Waals surface area contributed by atoms with Gasteiger partial charge in [-0.25, -0.2) is 9.18 Å². The fourth-order valence-electron chi connectivity index (χ4n) is 1.87. The summed E-state index contributed by atoms with van der Waals surface area (Å²) in [6.07, 6.45) is 0.0715. The van der Waals surface area contributed by atoms with Crippen molar-refractivity contribution in [3.05, 3.63) is 35.6 Å². The van der Waals surface area contributed by atoms with Gasteiger partial charge in [-0.15, -0.1) is 0 Å². The topological polar surface area (TPSA) is 105 Å². The number of hydrogen-bond acceptors (Lipinski definition) is 4. The van der Waals surface area contributed by atoms with E-state index in [-0.39, 0.29) is 24.7 Å². The fraction of sp³-hybridized carbons (Fsp3) is 0.400. The molecule has 0 heterocycles. The summed E-state index contributed by atoms with van der Waals surface area (Å²) in [5.41, 5.74) is 5.64. The van der Waals surface area contributed by atoms with Gasteiger partial charge >= 0.3 is 6.03 Å². The molecule has 0 atom stereocenters. The zero-order chi connectivity index (χ0) is 17.2. The zero-order valence-corrected chi connectivity index (χ0v) is 13.0. The molecule has 0 unspecified atom stereocenters. The van der Waals surface area contributed by atoms with Crippen LogP contribution in [0.1, 0.15) is 18.9 Å². The van der Waals surface area contributed by atoms with Gasteiger partial charge < -0.3 is 11.1 Å². The van der Waals surface area contributed by atoms with Crippen LogP contribution in [0.5, 0.6) is 0 Å². The van der Waals surface area contributed by atoms with Crippen molar-refractivity contribution >= 4 is 17.8 Å². The van der Waals surface area contributed by atoms with Crippen molar-refractivity contribution in [2.24, 2.45) is 5.73 Å². The molecule has 23 heavy (non-hydrogen) atoms. The van der Waals surface area contributed by atoms with Gasteiger partial charge in [-0.3, -0.25) is 19.8 Å². The number of primary amides is 1. The second-order valence-electron chi connectivity index (χ2n) is 4.93. The molecule has 0 saturated heterocycles. The van der Waals surface area contributed by atoms with E-state index in [0.29, 0.717) is 19.6 Å². The average molecular weight is 324 g/mol. The number of urea groups is 1. The number of imide groups is 1. The van der Waals surface area contributed by atoms with E-state index < -0.39 is 11.9 Å². The van der Waals surface area contributed by atoms with Crippen LogP contribution in [0.2, 0.25) is 0 Å². The minimum atomic E-state index is -0.893. The van der Waals surface area contributed by atoms with Gasteiger partial charge in [0.15, 0.2) is 0 Å². The molecule has 4 amide bonds. The molecule has 8 heteroatoms. The van der Waals surface area contributed by atoms with Gasteiger partial charge in [0.05, 0.1) is 6.54 Å². The molecule has 0 spiro atoms. The smallest absolute Gasteiger partial charge is 0.318 e. The molecule has 0 radical (unpaired) electrons. The Morgan fingerprint density at radius 3 is 2.39 bits per heavy atom. The number of benzene rings is 1. The van der Waals surface area contributed by atoms with E-state index in [0.717, 1.165) is 5.56 Å². The lowest BCUT2D eigenvalue weighted by atomic mass is 10.2. The molecule has 0 aliphatic rings. The van der Waals surface area contributed by atoms with E-state index in [9.17, 15) is 18.8 Å². The number of halogens is 1. The molecule has 0 saturated carbocycles. The standard InChI is InChI=1S/C15H21FN4O3/c1-2-20(8-7-13(21)19-15(17)23)10-14(22)18-9-11-3-5-12(16)6-4-11/h3-6H,2,7-10H2,1H3,(H,18,22)(H3,17,19,21,23). The molecule has 7 nitrogen and oxygen atoms in total. The minimum absolute atomic E-state index is 0.0715. The third-order valence-electron chi connectivity index (χ3n) is 3.14. The fourth-order valence-corrected chi connectivity index (χ4v) is 1.87. The number of carbonyl (C=O) groups excluding carboxylic acids is 3. The number of nitrogens with zero attached hydrogens (tertiary/aromatic N) is 1. The first-order chi connectivity index (χ1) is 10.9. The molecule has 0 aliphatic carbocycles. The molecule has 1 rings (SSSR count). The lowest BCUT2D eigenvalue weighted by Crippen LogP contribution is -2.40. The van der Waals surface area contributed by atoms with E-state index in [1.165, 1.54) is 12.1 Å². The molecular weight excluding hydrogens is 303 g/mol. The number of amides is 4. The Bertz CT molecular complexity index is 548. The van der Waals surface area contributed by atoms with Gasteiger partial charge in [0.1, 0.15) is 5.82 Å². The highest BCUT2D eigenvalue weighted by Gasteiger charge is 2.11. The second kappa shape index (κ2) is 9.52. The number of hydrogen-bond donors (Lipinski definition) is 3. The quantitative estimate of drug-likeness (QED) is 0.641. The first-order valence-electron chi connectivity index (χ1n) is 7.23. The molecule has 1 aromatic carbocycles. The largest absolute Gasteiger partial charge is 0.351 e. The van der Waals surface area contributed by atoms with Crippen LogP contribution in [0.15, 0.2) is 24.3 Å². The highest BCUT2D eigenvalue weighted by atomic mass is 19.1. The van der Waals surface area contributed by atoms with Crippen LogP contribution in [0.25, 0.3) is 0 Å². The second-order valence-corrected chi connectivity index (χ2v) is 4.93. The maximum absolute atomic E-state index is 12.8. The molecule has 4 N–H and O–H groups in total. The molecule has 0 fully saturated rings. The van der Waals surface area contributed by atoms with Gasteiger partial charge in [-0.2, -0.15) is 0 Å². The summed E-state index contributed by atoms with van der Waals surface area (Å²) in [5, 5.41) is 4.69. The average Bonchev–Trinajstić information content (AvgIpc) is 2.50. The van der Waals surface area contributed by atoms with E-state index >= 15 is 0 Å². The minimum Gasteiger partial charge on any atom is -0.351 e. The summed E-state index contributed by atoms with van der Waals surface area (Å²) in [6, 6.07) is 4.96. The normalized spacial score (nSPS) is 10.4. The van der Waals surface area contributed by atoms with Gasteiger partial charge in [0.2, 0.25) is 11.8 Å². The van der Waals surface area contributed by atoms with Gasteiger partial charge in [0, 0.05) is 19.5 Å². The molecular formula is C15H21FN4O3. The van der Waals surface area contributed by atoms with Crippen LogP contribution in [0, 0.1) is 5.82 Å². The number of nitrogens with one attached hydrogen (secondary N) is 2. The Morgan fingerprint density at radius 1 is 1.17 bits per heavy atom. The highest BCUT2D eigenvalue weighted by molar-refractivity contribution is 5.93. The van der Waals surface area contributed by atoms with Crippen molar-refractivity contribution < 1.29 is 18.8 Å². The van der Waals surface area contributed by atoms with Crippen molar-refractivity contribution in [3.63, 3.8) is 0 Å². The molecule has 126 valence electrons. The molecule has 0 aromatic heterocycles. The van der Waals surface area contributed by atoms with E-state index in [4.69, 9.17) is 5.73 Å². The van der Waals surface area contributed by atoms with Crippen LogP contribution in [0.4, 0.5) is 9.18 Å². The maximum Gasteiger partial charge on any atom is 0.318 e. The molecule has 1 aromatic rings. The van der Waals surface area contributed by atoms with Crippen LogP contribution in [-0.2, 0) is 16.1 Å². The predicted octanol–water partition coefficient (Wildman–Crippen LogP) is 0.349.